The number of aryl methyl sites for hydroxylation is 2. The van der Waals surface area contributed by atoms with E-state index in [9.17, 15) is 0 Å². The Kier molecular flexibility index (Phi) is 5.09. The SMILES string of the molecule is CCCCCCn1cc(C)nc1NC1CCCC1. The molecule has 3 heteroatoms. The van der Waals surface area contributed by atoms with Gasteiger partial charge in [-0.1, -0.05) is 39.0 Å². The van der Waals surface area contributed by atoms with Crippen LogP contribution in [0.5, 0.6) is 0 Å². The van der Waals surface area contributed by atoms with Gasteiger partial charge in [-0.25, -0.2) is 4.98 Å². The Labute approximate surface area is 111 Å². The van der Waals surface area contributed by atoms with Gasteiger partial charge in [0.05, 0.1) is 5.69 Å². The average molecular weight is 249 g/mol. The van der Waals surface area contributed by atoms with E-state index in [0.29, 0.717) is 6.04 Å². The molecule has 2 rings (SSSR count). The van der Waals surface area contributed by atoms with Crippen molar-refractivity contribution in [2.24, 2.45) is 0 Å². The minimum Gasteiger partial charge on any atom is -0.353 e. The Morgan fingerprint density at radius 2 is 2.06 bits per heavy atom. The van der Waals surface area contributed by atoms with Crippen LogP contribution in [0, 0.1) is 6.92 Å². The molecule has 3 nitrogen and oxygen atoms in total. The third-order valence-corrected chi connectivity index (χ3v) is 3.84. The lowest BCUT2D eigenvalue weighted by Crippen LogP contribution is -2.18. The lowest BCUT2D eigenvalue weighted by Gasteiger charge is -2.14. The van der Waals surface area contributed by atoms with E-state index in [1.54, 1.807) is 0 Å². The number of anilines is 1. The Morgan fingerprint density at radius 3 is 2.78 bits per heavy atom. The molecule has 1 saturated carbocycles. The fourth-order valence-electron chi connectivity index (χ4n) is 2.79. The lowest BCUT2D eigenvalue weighted by molar-refractivity contribution is 0.581. The summed E-state index contributed by atoms with van der Waals surface area (Å²) in [6, 6.07) is 0.654. The van der Waals surface area contributed by atoms with Gasteiger partial charge in [0.1, 0.15) is 0 Å². The summed E-state index contributed by atoms with van der Waals surface area (Å²) in [6.07, 6.45) is 12.8. The molecule has 0 radical (unpaired) electrons. The summed E-state index contributed by atoms with van der Waals surface area (Å²) in [7, 11) is 0. The number of nitrogens with zero attached hydrogens (tertiary/aromatic N) is 2. The zero-order chi connectivity index (χ0) is 12.8. The molecule has 0 spiro atoms. The smallest absolute Gasteiger partial charge is 0.203 e. The van der Waals surface area contributed by atoms with Crippen molar-refractivity contribution in [2.75, 3.05) is 5.32 Å². The van der Waals surface area contributed by atoms with Crippen molar-refractivity contribution in [3.05, 3.63) is 11.9 Å². The Bertz CT molecular complexity index is 351. The van der Waals surface area contributed by atoms with E-state index in [0.717, 1.165) is 18.2 Å². The first-order valence-electron chi connectivity index (χ1n) is 7.60. The highest BCUT2D eigenvalue weighted by Crippen LogP contribution is 2.22. The summed E-state index contributed by atoms with van der Waals surface area (Å²) in [5.41, 5.74) is 1.13. The minimum atomic E-state index is 0.654. The second-order valence-corrected chi connectivity index (χ2v) is 5.59. The number of hydrogen-bond acceptors (Lipinski definition) is 2. The number of nitrogens with one attached hydrogen (secondary N) is 1. The molecule has 0 aliphatic heterocycles. The van der Waals surface area contributed by atoms with Crippen molar-refractivity contribution in [3.8, 4) is 0 Å². The number of hydrogen-bond donors (Lipinski definition) is 1. The standard InChI is InChI=1S/C15H27N3/c1-3-4-5-8-11-18-12-13(2)16-15(18)17-14-9-6-7-10-14/h12,14H,3-11H2,1-2H3,(H,16,17). The molecule has 1 N–H and O–H groups in total. The van der Waals surface area contributed by atoms with Gasteiger partial charge in [-0.2, -0.15) is 0 Å². The van der Waals surface area contributed by atoms with E-state index in [2.05, 4.69) is 34.9 Å². The van der Waals surface area contributed by atoms with Gasteiger partial charge in [0.25, 0.3) is 0 Å². The van der Waals surface area contributed by atoms with E-state index in [1.807, 2.05) is 0 Å². The maximum absolute atomic E-state index is 4.62. The Balaban J connectivity index is 1.87. The minimum absolute atomic E-state index is 0.654. The van der Waals surface area contributed by atoms with Gasteiger partial charge in [0, 0.05) is 18.8 Å². The van der Waals surface area contributed by atoms with Crippen molar-refractivity contribution in [1.82, 2.24) is 9.55 Å². The first-order valence-corrected chi connectivity index (χ1v) is 7.60. The fourth-order valence-corrected chi connectivity index (χ4v) is 2.79. The molecule has 0 amide bonds. The molecule has 0 saturated heterocycles. The number of aromatic nitrogens is 2. The van der Waals surface area contributed by atoms with Gasteiger partial charge in [-0.05, 0) is 26.2 Å². The van der Waals surface area contributed by atoms with Gasteiger partial charge >= 0.3 is 0 Å². The first kappa shape index (κ1) is 13.4. The van der Waals surface area contributed by atoms with Crippen molar-refractivity contribution in [1.29, 1.82) is 0 Å². The normalized spacial score (nSPS) is 16.3. The van der Waals surface area contributed by atoms with Crippen molar-refractivity contribution in [3.63, 3.8) is 0 Å². The van der Waals surface area contributed by atoms with Crippen LogP contribution >= 0.6 is 0 Å². The van der Waals surface area contributed by atoms with Crippen LogP contribution in [0.1, 0.15) is 64.0 Å². The van der Waals surface area contributed by atoms with Gasteiger partial charge in [0.15, 0.2) is 0 Å². The van der Waals surface area contributed by atoms with Gasteiger partial charge in [-0.15, -0.1) is 0 Å². The van der Waals surface area contributed by atoms with Crippen molar-refractivity contribution < 1.29 is 0 Å². The van der Waals surface area contributed by atoms with E-state index in [1.165, 1.54) is 51.4 Å². The molecule has 102 valence electrons. The zero-order valence-corrected chi connectivity index (χ0v) is 11.9. The molecule has 0 atom stereocenters. The molecule has 0 bridgehead atoms. The second-order valence-electron chi connectivity index (χ2n) is 5.59. The molecule has 1 aromatic rings. The average Bonchev–Trinajstić information content (AvgIpc) is 2.96. The molecule has 1 heterocycles. The predicted octanol–water partition coefficient (Wildman–Crippen LogP) is 4.13. The topological polar surface area (TPSA) is 29.9 Å². The lowest BCUT2D eigenvalue weighted by atomic mass is 10.2. The van der Waals surface area contributed by atoms with Gasteiger partial charge in [-0.3, -0.25) is 0 Å². The first-order chi connectivity index (χ1) is 8.79. The van der Waals surface area contributed by atoms with Crippen molar-refractivity contribution >= 4 is 5.95 Å². The quantitative estimate of drug-likeness (QED) is 0.736. The third kappa shape index (κ3) is 3.76. The van der Waals surface area contributed by atoms with Crippen LogP contribution in [0.2, 0.25) is 0 Å². The summed E-state index contributed by atoms with van der Waals surface area (Å²) in [4.78, 5) is 4.62. The summed E-state index contributed by atoms with van der Waals surface area (Å²) >= 11 is 0. The van der Waals surface area contributed by atoms with Crippen LogP contribution in [0.3, 0.4) is 0 Å². The summed E-state index contributed by atoms with van der Waals surface area (Å²) in [5, 5.41) is 3.62. The number of unbranched alkanes of at least 4 members (excludes halogenated alkanes) is 3. The van der Waals surface area contributed by atoms with Crippen molar-refractivity contribution in [2.45, 2.75) is 77.8 Å². The van der Waals surface area contributed by atoms with E-state index in [-0.39, 0.29) is 0 Å². The Morgan fingerprint density at radius 1 is 1.28 bits per heavy atom. The Hall–Kier alpha value is -0.990. The van der Waals surface area contributed by atoms with Crippen LogP contribution in [-0.4, -0.2) is 15.6 Å². The highest BCUT2D eigenvalue weighted by Gasteiger charge is 2.16. The molecule has 1 aliphatic carbocycles. The van der Waals surface area contributed by atoms with Gasteiger partial charge in [0.2, 0.25) is 5.95 Å². The molecule has 0 aromatic carbocycles. The van der Waals surface area contributed by atoms with Crippen LogP contribution < -0.4 is 5.32 Å². The molecular weight excluding hydrogens is 222 g/mol. The van der Waals surface area contributed by atoms with E-state index >= 15 is 0 Å². The highest BCUT2D eigenvalue weighted by molar-refractivity contribution is 5.30. The second kappa shape index (κ2) is 6.81. The maximum atomic E-state index is 4.62. The highest BCUT2D eigenvalue weighted by atomic mass is 15.2. The molecule has 1 aromatic heterocycles. The molecule has 1 aliphatic rings. The number of imidazole rings is 1. The van der Waals surface area contributed by atoms with Gasteiger partial charge < -0.3 is 9.88 Å². The van der Waals surface area contributed by atoms with Crippen LogP contribution in [0.25, 0.3) is 0 Å². The van der Waals surface area contributed by atoms with E-state index < -0.39 is 0 Å². The fraction of sp³-hybridized carbons (Fsp3) is 0.800. The van der Waals surface area contributed by atoms with Crippen LogP contribution in [0.15, 0.2) is 6.20 Å². The molecular formula is C15H27N3. The molecule has 18 heavy (non-hydrogen) atoms. The summed E-state index contributed by atoms with van der Waals surface area (Å²) < 4.78 is 2.31. The maximum Gasteiger partial charge on any atom is 0.203 e. The van der Waals surface area contributed by atoms with Crippen LogP contribution in [-0.2, 0) is 6.54 Å². The zero-order valence-electron chi connectivity index (χ0n) is 11.9. The monoisotopic (exact) mass is 249 g/mol. The largest absolute Gasteiger partial charge is 0.353 e. The molecule has 0 unspecified atom stereocenters. The van der Waals surface area contributed by atoms with Crippen LogP contribution in [0.4, 0.5) is 5.95 Å². The number of rotatable bonds is 7. The summed E-state index contributed by atoms with van der Waals surface area (Å²) in [5.74, 6) is 1.09. The molecule has 1 fully saturated rings. The van der Waals surface area contributed by atoms with E-state index in [4.69, 9.17) is 0 Å². The predicted molar refractivity (Wildman–Crippen MR) is 77.0 cm³/mol. The summed E-state index contributed by atoms with van der Waals surface area (Å²) in [6.45, 7) is 5.45. The third-order valence-electron chi connectivity index (χ3n) is 3.84.